The molecule has 2 aromatic rings. The molecule has 2 aliphatic rings. The van der Waals surface area contributed by atoms with Crippen molar-refractivity contribution < 1.29 is 19.7 Å². The van der Waals surface area contributed by atoms with Gasteiger partial charge in [0.05, 0.1) is 5.56 Å². The molecule has 90 valence electrons. The van der Waals surface area contributed by atoms with Gasteiger partial charge in [-0.3, -0.25) is 9.68 Å². The maximum Gasteiger partial charge on any atom is 0.372 e. The van der Waals surface area contributed by atoms with Gasteiger partial charge in [0.1, 0.15) is 0 Å². The molecule has 4 rings (SSSR count). The van der Waals surface area contributed by atoms with Crippen LogP contribution in [0, 0.1) is 0 Å². The Bertz CT molecular complexity index is 547. The Kier molecular flexibility index (Phi) is 3.50. The molecule has 1 N–H and O–H groups in total. The van der Waals surface area contributed by atoms with Crippen LogP contribution in [0.25, 0.3) is 0 Å². The molecule has 0 aromatic heterocycles. The lowest BCUT2D eigenvalue weighted by Crippen LogP contribution is -2.10. The Labute approximate surface area is 103 Å². The van der Waals surface area contributed by atoms with Gasteiger partial charge in [-0.25, -0.2) is 4.79 Å². The van der Waals surface area contributed by atoms with Crippen LogP contribution in [0.4, 0.5) is 0 Å². The first-order chi connectivity index (χ1) is 8.72. The molecule has 18 heavy (non-hydrogen) atoms. The molecule has 0 saturated heterocycles. The summed E-state index contributed by atoms with van der Waals surface area (Å²) < 4.78 is 0. The highest BCUT2D eigenvalue weighted by Gasteiger charge is 2.17. The summed E-state index contributed by atoms with van der Waals surface area (Å²) in [6.07, 6.45) is 0. The van der Waals surface area contributed by atoms with Gasteiger partial charge < -0.3 is 0 Å². The van der Waals surface area contributed by atoms with Crippen LogP contribution in [-0.4, -0.2) is 17.0 Å². The summed E-state index contributed by atoms with van der Waals surface area (Å²) in [5.74, 6) is -0.534. The average Bonchev–Trinajstić information content (AvgIpc) is 2.48. The second kappa shape index (κ2) is 5.25. The Hall–Kier alpha value is -2.46. The Balaban J connectivity index is 0.000000136. The van der Waals surface area contributed by atoms with Gasteiger partial charge in [0.2, 0.25) is 0 Å². The fraction of sp³-hybridized carbons (Fsp3) is 0. The summed E-state index contributed by atoms with van der Waals surface area (Å²) >= 11 is 0. The van der Waals surface area contributed by atoms with E-state index in [9.17, 15) is 9.59 Å². The lowest BCUT2D eigenvalue weighted by Gasteiger charge is -2.10. The van der Waals surface area contributed by atoms with E-state index in [0.29, 0.717) is 5.56 Å². The molecule has 4 heteroatoms. The minimum absolute atomic E-state index is 0.201. The average molecular weight is 242 g/mol. The molecule has 0 aliphatic heterocycles. The van der Waals surface area contributed by atoms with E-state index < -0.39 is 5.97 Å². The highest BCUT2D eigenvalue weighted by atomic mass is 17.1. The van der Waals surface area contributed by atoms with Crippen molar-refractivity contribution in [3.05, 3.63) is 71.3 Å². The molecule has 0 saturated carbocycles. The van der Waals surface area contributed by atoms with Crippen molar-refractivity contribution in [2.45, 2.75) is 0 Å². The highest BCUT2D eigenvalue weighted by Crippen LogP contribution is 2.19. The third-order valence-corrected chi connectivity index (χ3v) is 2.48. The van der Waals surface area contributed by atoms with E-state index in [-0.39, 0.29) is 5.78 Å². The van der Waals surface area contributed by atoms with Crippen molar-refractivity contribution in [3.63, 3.8) is 0 Å². The molecule has 0 unspecified atom stereocenters. The molecule has 0 fully saturated rings. The number of fused-ring (bicyclic) bond motifs is 2. The molecule has 0 radical (unpaired) electrons. The smallest absolute Gasteiger partial charge is 0.296 e. The summed E-state index contributed by atoms with van der Waals surface area (Å²) in [6.45, 7) is 0. The molecule has 0 amide bonds. The van der Waals surface area contributed by atoms with Crippen molar-refractivity contribution in [3.8, 4) is 0 Å². The summed E-state index contributed by atoms with van der Waals surface area (Å²) in [7, 11) is 0. The first-order valence-electron chi connectivity index (χ1n) is 5.28. The van der Waals surface area contributed by atoms with Crippen LogP contribution >= 0.6 is 0 Å². The Morgan fingerprint density at radius 2 is 1.56 bits per heavy atom. The Morgan fingerprint density at radius 1 is 0.944 bits per heavy atom. The fourth-order valence-electron chi connectivity index (χ4n) is 1.52. The monoisotopic (exact) mass is 242 g/mol. The van der Waals surface area contributed by atoms with E-state index in [2.05, 4.69) is 4.89 Å². The van der Waals surface area contributed by atoms with Gasteiger partial charge >= 0.3 is 5.97 Å². The predicted octanol–water partition coefficient (Wildman–Crippen LogP) is 2.55. The summed E-state index contributed by atoms with van der Waals surface area (Å²) in [5.41, 5.74) is 2.04. The van der Waals surface area contributed by atoms with Crippen molar-refractivity contribution >= 4 is 11.8 Å². The fourth-order valence-corrected chi connectivity index (χ4v) is 1.52. The van der Waals surface area contributed by atoms with Gasteiger partial charge in [0, 0.05) is 11.1 Å². The number of hydrogen-bond donors (Lipinski definition) is 1. The molecule has 0 atom stereocenters. The minimum Gasteiger partial charge on any atom is -0.296 e. The zero-order valence-corrected chi connectivity index (χ0v) is 9.37. The first kappa shape index (κ1) is 12.0. The lowest BCUT2D eigenvalue weighted by atomic mass is 9.92. The van der Waals surface area contributed by atoms with E-state index >= 15 is 0 Å². The predicted molar refractivity (Wildman–Crippen MR) is 64.4 cm³/mol. The van der Waals surface area contributed by atoms with Gasteiger partial charge in [-0.1, -0.05) is 36.4 Å². The molecule has 2 aromatic carbocycles. The van der Waals surface area contributed by atoms with Crippen molar-refractivity contribution in [1.29, 1.82) is 0 Å². The third kappa shape index (κ3) is 2.44. The number of carbonyl (C=O) groups is 2. The number of benzene rings is 2. The zero-order chi connectivity index (χ0) is 13.0. The van der Waals surface area contributed by atoms with Gasteiger partial charge in [0.25, 0.3) is 0 Å². The number of rotatable bonds is 1. The van der Waals surface area contributed by atoms with Crippen molar-refractivity contribution in [1.82, 2.24) is 0 Å². The SMILES string of the molecule is O=C(OO)c1ccccc1.O=C1c2cccc1c2. The minimum atomic E-state index is -0.736. The van der Waals surface area contributed by atoms with Gasteiger partial charge in [-0.15, -0.1) is 0 Å². The van der Waals surface area contributed by atoms with Crippen LogP contribution in [0.2, 0.25) is 0 Å². The number of hydrogen-bond acceptors (Lipinski definition) is 4. The van der Waals surface area contributed by atoms with Gasteiger partial charge in [-0.2, -0.15) is 5.26 Å². The molecule has 0 spiro atoms. The number of ketones is 1. The van der Waals surface area contributed by atoms with Crippen LogP contribution in [0.15, 0.2) is 54.6 Å². The van der Waals surface area contributed by atoms with Gasteiger partial charge in [0.15, 0.2) is 5.78 Å². The summed E-state index contributed by atoms with van der Waals surface area (Å²) in [6, 6.07) is 15.7. The summed E-state index contributed by atoms with van der Waals surface area (Å²) in [5, 5.41) is 7.94. The quantitative estimate of drug-likeness (QED) is 0.526. The van der Waals surface area contributed by atoms with Crippen LogP contribution in [0.1, 0.15) is 26.3 Å². The van der Waals surface area contributed by atoms with E-state index in [1.165, 1.54) is 0 Å². The van der Waals surface area contributed by atoms with Gasteiger partial charge in [-0.05, 0) is 18.2 Å². The maximum atomic E-state index is 10.7. The van der Waals surface area contributed by atoms with E-state index in [1.807, 2.05) is 24.3 Å². The molecule has 2 bridgehead atoms. The summed E-state index contributed by atoms with van der Waals surface area (Å²) in [4.78, 5) is 24.7. The first-order valence-corrected chi connectivity index (χ1v) is 5.28. The van der Waals surface area contributed by atoms with Crippen LogP contribution in [0.3, 0.4) is 0 Å². The third-order valence-electron chi connectivity index (χ3n) is 2.48. The zero-order valence-electron chi connectivity index (χ0n) is 9.37. The lowest BCUT2D eigenvalue weighted by molar-refractivity contribution is -0.182. The Morgan fingerprint density at radius 3 is 1.94 bits per heavy atom. The molecular formula is C14H10O4. The maximum absolute atomic E-state index is 10.7. The number of carbonyl (C=O) groups excluding carboxylic acids is 2. The van der Waals surface area contributed by atoms with Crippen molar-refractivity contribution in [2.24, 2.45) is 0 Å². The molecule has 0 heterocycles. The standard InChI is InChI=1S/C7H6O3.C7H4O/c8-7(10-9)6-4-2-1-3-5-6;8-7-5-2-1-3-6(7)4-5/h1-5,9H;1-4H. The largest absolute Gasteiger partial charge is 0.372 e. The van der Waals surface area contributed by atoms with E-state index in [1.54, 1.807) is 30.3 Å². The van der Waals surface area contributed by atoms with E-state index in [0.717, 1.165) is 11.1 Å². The van der Waals surface area contributed by atoms with Crippen LogP contribution in [-0.2, 0) is 4.89 Å². The van der Waals surface area contributed by atoms with E-state index in [4.69, 9.17) is 5.26 Å². The molecular weight excluding hydrogens is 232 g/mol. The second-order valence-electron chi connectivity index (χ2n) is 3.65. The normalized spacial score (nSPS) is 10.8. The molecule has 2 aliphatic carbocycles. The van der Waals surface area contributed by atoms with Crippen LogP contribution < -0.4 is 0 Å². The van der Waals surface area contributed by atoms with Crippen molar-refractivity contribution in [2.75, 3.05) is 0 Å². The topological polar surface area (TPSA) is 63.6 Å². The van der Waals surface area contributed by atoms with Crippen LogP contribution in [0.5, 0.6) is 0 Å². The highest BCUT2D eigenvalue weighted by molar-refractivity contribution is 6.16. The molecule has 4 nitrogen and oxygen atoms in total. The second-order valence-corrected chi connectivity index (χ2v) is 3.65.